The van der Waals surface area contributed by atoms with Crippen LogP contribution in [0.15, 0.2) is 12.1 Å². The van der Waals surface area contributed by atoms with E-state index in [0.29, 0.717) is 10.4 Å². The molecule has 4 heteroatoms. The Kier molecular flexibility index (Phi) is 4.23. The second-order valence-corrected chi connectivity index (χ2v) is 6.46. The number of ketones is 1. The van der Waals surface area contributed by atoms with Gasteiger partial charge in [-0.05, 0) is 38.9 Å². The van der Waals surface area contributed by atoms with Crippen LogP contribution in [0.4, 0.5) is 0 Å². The zero-order valence-electron chi connectivity index (χ0n) is 10.3. The number of Topliss-reactive ketones (excluding diaryl/α,β-unsaturated/α-hetero) is 1. The number of hydrogen-bond donors (Lipinski definition) is 0. The molecule has 0 aliphatic heterocycles. The summed E-state index contributed by atoms with van der Waals surface area (Å²) in [7, 11) is 2.06. The van der Waals surface area contributed by atoms with E-state index in [9.17, 15) is 4.79 Å². The van der Waals surface area contributed by atoms with Crippen molar-refractivity contribution in [3.8, 4) is 0 Å². The van der Waals surface area contributed by atoms with E-state index in [0.717, 1.165) is 4.88 Å². The second kappa shape index (κ2) is 5.51. The van der Waals surface area contributed by atoms with Gasteiger partial charge in [0.05, 0.1) is 15.3 Å². The van der Waals surface area contributed by atoms with E-state index in [-0.39, 0.29) is 11.8 Å². The Morgan fingerprint density at radius 1 is 1.47 bits per heavy atom. The number of rotatable bonds is 4. The minimum absolute atomic E-state index is 0.0483. The molecule has 94 valence electrons. The lowest BCUT2D eigenvalue weighted by atomic mass is 10.1. The highest BCUT2D eigenvalue weighted by Crippen LogP contribution is 2.27. The highest BCUT2D eigenvalue weighted by atomic mass is 35.5. The fourth-order valence-electron chi connectivity index (χ4n) is 2.47. The van der Waals surface area contributed by atoms with Gasteiger partial charge in [-0.1, -0.05) is 24.4 Å². The van der Waals surface area contributed by atoms with Gasteiger partial charge in [-0.3, -0.25) is 9.69 Å². The van der Waals surface area contributed by atoms with Crippen molar-refractivity contribution in [2.45, 2.75) is 44.7 Å². The quantitative estimate of drug-likeness (QED) is 0.776. The molecule has 1 aliphatic rings. The molecule has 1 saturated carbocycles. The van der Waals surface area contributed by atoms with E-state index in [1.165, 1.54) is 37.0 Å². The summed E-state index contributed by atoms with van der Waals surface area (Å²) in [5, 5.41) is 0. The van der Waals surface area contributed by atoms with Gasteiger partial charge < -0.3 is 0 Å². The number of carbonyl (C=O) groups is 1. The van der Waals surface area contributed by atoms with Crippen molar-refractivity contribution in [2.75, 3.05) is 7.05 Å². The molecule has 1 aromatic heterocycles. The molecular weight excluding hydrogens is 254 g/mol. The van der Waals surface area contributed by atoms with Crippen molar-refractivity contribution in [3.63, 3.8) is 0 Å². The third-order valence-electron chi connectivity index (χ3n) is 3.71. The minimum Gasteiger partial charge on any atom is -0.294 e. The van der Waals surface area contributed by atoms with Crippen molar-refractivity contribution >= 4 is 28.7 Å². The van der Waals surface area contributed by atoms with Gasteiger partial charge in [0, 0.05) is 6.04 Å². The maximum Gasteiger partial charge on any atom is 0.189 e. The average Bonchev–Trinajstić information content (AvgIpc) is 2.96. The number of likely N-dealkylation sites (N-methyl/N-ethyl adjacent to an activating group) is 1. The monoisotopic (exact) mass is 271 g/mol. The molecule has 1 unspecified atom stereocenters. The highest BCUT2D eigenvalue weighted by molar-refractivity contribution is 7.18. The van der Waals surface area contributed by atoms with Crippen molar-refractivity contribution in [2.24, 2.45) is 0 Å². The normalized spacial score (nSPS) is 18.8. The summed E-state index contributed by atoms with van der Waals surface area (Å²) in [5.41, 5.74) is 0. The largest absolute Gasteiger partial charge is 0.294 e. The summed E-state index contributed by atoms with van der Waals surface area (Å²) in [4.78, 5) is 15.3. The first kappa shape index (κ1) is 13.1. The van der Waals surface area contributed by atoms with Gasteiger partial charge in [-0.25, -0.2) is 0 Å². The second-order valence-electron chi connectivity index (χ2n) is 4.75. The lowest BCUT2D eigenvalue weighted by Gasteiger charge is -2.29. The molecular formula is C13H18ClNOS. The Morgan fingerprint density at radius 2 is 2.12 bits per heavy atom. The first-order valence-corrected chi connectivity index (χ1v) is 7.30. The van der Waals surface area contributed by atoms with Crippen LogP contribution >= 0.6 is 22.9 Å². The SMILES string of the molecule is CC(C(=O)c1ccc(Cl)s1)N(C)C1CCCC1. The molecule has 0 radical (unpaired) electrons. The van der Waals surface area contributed by atoms with E-state index >= 15 is 0 Å². The summed E-state index contributed by atoms with van der Waals surface area (Å²) >= 11 is 7.24. The predicted molar refractivity (Wildman–Crippen MR) is 73.1 cm³/mol. The molecule has 2 nitrogen and oxygen atoms in total. The topological polar surface area (TPSA) is 20.3 Å². The minimum atomic E-state index is -0.0483. The number of thiophene rings is 1. The van der Waals surface area contributed by atoms with Gasteiger partial charge >= 0.3 is 0 Å². The van der Waals surface area contributed by atoms with Gasteiger partial charge in [0.2, 0.25) is 0 Å². The zero-order valence-corrected chi connectivity index (χ0v) is 11.9. The van der Waals surface area contributed by atoms with Gasteiger partial charge in [-0.2, -0.15) is 0 Å². The molecule has 0 aromatic carbocycles. The van der Waals surface area contributed by atoms with Gasteiger partial charge in [-0.15, -0.1) is 11.3 Å². The first-order chi connectivity index (χ1) is 8.09. The molecule has 1 fully saturated rings. The van der Waals surface area contributed by atoms with Crippen LogP contribution in [0.5, 0.6) is 0 Å². The molecule has 1 aromatic rings. The smallest absolute Gasteiger partial charge is 0.189 e. The third-order valence-corrected chi connectivity index (χ3v) is 4.95. The van der Waals surface area contributed by atoms with E-state index in [2.05, 4.69) is 11.9 Å². The molecule has 1 atom stereocenters. The van der Waals surface area contributed by atoms with Gasteiger partial charge in [0.25, 0.3) is 0 Å². The van der Waals surface area contributed by atoms with E-state index < -0.39 is 0 Å². The molecule has 0 saturated heterocycles. The summed E-state index contributed by atoms with van der Waals surface area (Å²) in [6, 6.07) is 4.15. The van der Waals surface area contributed by atoms with Crippen LogP contribution in [-0.4, -0.2) is 29.8 Å². The van der Waals surface area contributed by atoms with E-state index in [1.807, 2.05) is 13.0 Å². The lowest BCUT2D eigenvalue weighted by molar-refractivity contribution is 0.0823. The summed E-state index contributed by atoms with van der Waals surface area (Å²) in [6.45, 7) is 1.99. The van der Waals surface area contributed by atoms with Crippen molar-refractivity contribution in [1.82, 2.24) is 4.90 Å². The summed E-state index contributed by atoms with van der Waals surface area (Å²) in [5.74, 6) is 0.191. The number of hydrogen-bond acceptors (Lipinski definition) is 3. The van der Waals surface area contributed by atoms with Crippen LogP contribution in [0.25, 0.3) is 0 Å². The van der Waals surface area contributed by atoms with E-state index in [4.69, 9.17) is 11.6 Å². The van der Waals surface area contributed by atoms with Crippen LogP contribution in [0.3, 0.4) is 0 Å². The van der Waals surface area contributed by atoms with Crippen molar-refractivity contribution < 1.29 is 4.79 Å². The molecule has 2 rings (SSSR count). The fraction of sp³-hybridized carbons (Fsp3) is 0.615. The Morgan fingerprint density at radius 3 is 2.65 bits per heavy atom. The van der Waals surface area contributed by atoms with E-state index in [1.54, 1.807) is 6.07 Å². The van der Waals surface area contributed by atoms with Crippen LogP contribution in [0, 0.1) is 0 Å². The summed E-state index contributed by atoms with van der Waals surface area (Å²) < 4.78 is 0.684. The van der Waals surface area contributed by atoms with Gasteiger partial charge in [0.15, 0.2) is 5.78 Å². The Labute approximate surface area is 112 Å². The lowest BCUT2D eigenvalue weighted by Crippen LogP contribution is -2.41. The Bertz CT molecular complexity index is 398. The highest BCUT2D eigenvalue weighted by Gasteiger charge is 2.28. The standard InChI is InChI=1S/C13H18ClNOS/c1-9(15(2)10-5-3-4-6-10)13(16)11-7-8-12(14)17-11/h7-10H,3-6H2,1-2H3. The van der Waals surface area contributed by atoms with Crippen molar-refractivity contribution in [3.05, 3.63) is 21.3 Å². The maximum atomic E-state index is 12.3. The fourth-order valence-corrected chi connectivity index (χ4v) is 3.53. The van der Waals surface area contributed by atoms with Crippen LogP contribution in [-0.2, 0) is 0 Å². The summed E-state index contributed by atoms with van der Waals surface area (Å²) in [6.07, 6.45) is 5.03. The predicted octanol–water partition coefficient (Wildman–Crippen LogP) is 3.85. The van der Waals surface area contributed by atoms with Crippen LogP contribution in [0.2, 0.25) is 4.34 Å². The van der Waals surface area contributed by atoms with Crippen LogP contribution < -0.4 is 0 Å². The van der Waals surface area contributed by atoms with Gasteiger partial charge in [0.1, 0.15) is 0 Å². The third kappa shape index (κ3) is 2.90. The zero-order chi connectivity index (χ0) is 12.4. The number of halogens is 1. The molecule has 17 heavy (non-hydrogen) atoms. The van der Waals surface area contributed by atoms with Crippen LogP contribution in [0.1, 0.15) is 42.3 Å². The Balaban J connectivity index is 2.03. The Hall–Kier alpha value is -0.380. The molecule has 1 heterocycles. The first-order valence-electron chi connectivity index (χ1n) is 6.11. The molecule has 0 bridgehead atoms. The molecule has 0 spiro atoms. The average molecular weight is 272 g/mol. The number of nitrogens with zero attached hydrogens (tertiary/aromatic N) is 1. The maximum absolute atomic E-state index is 12.3. The number of carbonyl (C=O) groups excluding carboxylic acids is 1. The van der Waals surface area contributed by atoms with Crippen molar-refractivity contribution in [1.29, 1.82) is 0 Å². The molecule has 0 amide bonds. The molecule has 1 aliphatic carbocycles. The molecule has 0 N–H and O–H groups in total.